The van der Waals surface area contributed by atoms with Gasteiger partial charge in [0.15, 0.2) is 0 Å². The van der Waals surface area contributed by atoms with Crippen LogP contribution in [0.4, 0.5) is 0 Å². The number of likely N-dealkylation sites (N-methyl/N-ethyl adjacent to an activating group) is 1. The molecule has 27 heavy (non-hydrogen) atoms. The maximum Gasteiger partial charge on any atom is 0.243 e. The Kier molecular flexibility index (Phi) is 7.94. The molecule has 1 heterocycles. The van der Waals surface area contributed by atoms with Crippen LogP contribution in [0.25, 0.3) is 0 Å². The molecule has 6 nitrogen and oxygen atoms in total. The molecule has 1 aromatic rings. The number of likely N-dealkylation sites (tertiary alicyclic amines) is 1. The third-order valence-electron chi connectivity index (χ3n) is 5.12. The Morgan fingerprint density at radius 3 is 2.33 bits per heavy atom. The van der Waals surface area contributed by atoms with E-state index in [2.05, 4.69) is 5.32 Å². The predicted molar refractivity (Wildman–Crippen MR) is 109 cm³/mol. The number of nitrogens with zero attached hydrogens (tertiary/aromatic N) is 2. The molecule has 0 aromatic heterocycles. The van der Waals surface area contributed by atoms with Crippen molar-refractivity contribution in [3.05, 3.63) is 29.3 Å². The van der Waals surface area contributed by atoms with E-state index in [1.54, 1.807) is 4.90 Å². The fourth-order valence-corrected chi connectivity index (χ4v) is 4.40. The molecule has 3 rings (SSSR count). The maximum atomic E-state index is 12.6. The number of halogens is 2. The molecule has 1 N–H and O–H groups in total. The molecule has 1 saturated heterocycles. The first-order valence-corrected chi connectivity index (χ1v) is 10.9. The Balaban J connectivity index is 0.00000261. The van der Waals surface area contributed by atoms with Crippen LogP contribution >= 0.6 is 24.0 Å². The van der Waals surface area contributed by atoms with E-state index < -0.39 is 10.0 Å². The first-order chi connectivity index (χ1) is 12.4. The highest BCUT2D eigenvalue weighted by Gasteiger charge is 2.28. The van der Waals surface area contributed by atoms with Gasteiger partial charge in [0, 0.05) is 31.2 Å². The molecule has 0 radical (unpaired) electrons. The van der Waals surface area contributed by atoms with Crippen LogP contribution in [0.15, 0.2) is 29.2 Å². The Hall–Kier alpha value is -0.860. The summed E-state index contributed by atoms with van der Waals surface area (Å²) in [5.74, 6) is 0.701. The van der Waals surface area contributed by atoms with Crippen molar-refractivity contribution in [2.24, 2.45) is 5.92 Å². The van der Waals surface area contributed by atoms with E-state index in [0.717, 1.165) is 29.6 Å². The molecular formula is C18H27Cl2N3O3S. The van der Waals surface area contributed by atoms with Crippen LogP contribution in [-0.2, 0) is 14.8 Å². The molecule has 1 aliphatic carbocycles. The van der Waals surface area contributed by atoms with Crippen molar-refractivity contribution >= 4 is 39.9 Å². The van der Waals surface area contributed by atoms with Crippen molar-refractivity contribution in [1.29, 1.82) is 0 Å². The summed E-state index contributed by atoms with van der Waals surface area (Å²) in [6.07, 6.45) is 4.51. The van der Waals surface area contributed by atoms with Crippen LogP contribution in [0.5, 0.6) is 0 Å². The van der Waals surface area contributed by atoms with Gasteiger partial charge in [-0.1, -0.05) is 11.6 Å². The van der Waals surface area contributed by atoms with E-state index in [9.17, 15) is 13.2 Å². The van der Waals surface area contributed by atoms with Crippen LogP contribution in [-0.4, -0.2) is 62.8 Å². The number of nitrogens with one attached hydrogen (secondary N) is 1. The Morgan fingerprint density at radius 1 is 1.19 bits per heavy atom. The monoisotopic (exact) mass is 435 g/mol. The topological polar surface area (TPSA) is 69.7 Å². The fraction of sp³-hybridized carbons (Fsp3) is 0.611. The van der Waals surface area contributed by atoms with Gasteiger partial charge in [0.1, 0.15) is 0 Å². The maximum absolute atomic E-state index is 12.6. The first-order valence-electron chi connectivity index (χ1n) is 9.09. The van der Waals surface area contributed by atoms with Crippen molar-refractivity contribution in [3.8, 4) is 0 Å². The smallest absolute Gasteiger partial charge is 0.243 e. The number of sulfonamides is 1. The van der Waals surface area contributed by atoms with Gasteiger partial charge in [0.25, 0.3) is 0 Å². The van der Waals surface area contributed by atoms with Crippen molar-refractivity contribution in [2.45, 2.75) is 36.6 Å². The molecule has 0 unspecified atom stereocenters. The molecule has 2 fully saturated rings. The average molecular weight is 436 g/mol. The second-order valence-electron chi connectivity index (χ2n) is 7.22. The van der Waals surface area contributed by atoms with Crippen molar-refractivity contribution < 1.29 is 13.2 Å². The largest absolute Gasteiger partial charge is 0.341 e. The molecular weight excluding hydrogens is 409 g/mol. The third kappa shape index (κ3) is 6.06. The van der Waals surface area contributed by atoms with Crippen LogP contribution in [0.2, 0.25) is 5.02 Å². The molecule has 1 saturated carbocycles. The van der Waals surface area contributed by atoms with E-state index in [4.69, 9.17) is 11.6 Å². The summed E-state index contributed by atoms with van der Waals surface area (Å²) >= 11 is 5.81. The van der Waals surface area contributed by atoms with Crippen molar-refractivity contribution in [2.75, 3.05) is 33.2 Å². The van der Waals surface area contributed by atoms with Gasteiger partial charge in [-0.05, 0) is 62.4 Å². The number of amides is 1. The highest BCUT2D eigenvalue weighted by molar-refractivity contribution is 7.89. The van der Waals surface area contributed by atoms with Gasteiger partial charge in [-0.15, -0.1) is 12.4 Å². The SMILES string of the molecule is CN(CC(=O)N1CCC(NCC2CC2)CC1)S(=O)(=O)c1ccc(Cl)cc1.Cl. The molecule has 1 aromatic carbocycles. The van der Waals surface area contributed by atoms with Crippen LogP contribution in [0.1, 0.15) is 25.7 Å². The minimum atomic E-state index is -3.70. The number of rotatable bonds is 7. The number of carbonyl (C=O) groups excluding carboxylic acids is 1. The molecule has 0 spiro atoms. The van der Waals surface area contributed by atoms with Crippen LogP contribution in [0, 0.1) is 5.92 Å². The van der Waals surface area contributed by atoms with Gasteiger partial charge in [-0.25, -0.2) is 8.42 Å². The van der Waals surface area contributed by atoms with E-state index in [-0.39, 0.29) is 29.8 Å². The first kappa shape index (κ1) is 22.4. The number of hydrogen-bond acceptors (Lipinski definition) is 4. The zero-order chi connectivity index (χ0) is 18.7. The van der Waals surface area contributed by atoms with Gasteiger partial charge in [-0.3, -0.25) is 4.79 Å². The summed E-state index contributed by atoms with van der Waals surface area (Å²) in [7, 11) is -2.26. The molecule has 2 aliphatic rings. The molecule has 1 amide bonds. The van der Waals surface area contributed by atoms with Gasteiger partial charge < -0.3 is 10.2 Å². The fourth-order valence-electron chi connectivity index (χ4n) is 3.15. The zero-order valence-corrected chi connectivity index (χ0v) is 17.8. The Bertz CT molecular complexity index is 731. The third-order valence-corrected chi connectivity index (χ3v) is 7.19. The van der Waals surface area contributed by atoms with Gasteiger partial charge in [0.2, 0.25) is 15.9 Å². The number of hydrogen-bond donors (Lipinski definition) is 1. The van der Waals surface area contributed by atoms with Crippen LogP contribution in [0.3, 0.4) is 0 Å². The lowest BCUT2D eigenvalue weighted by Crippen LogP contribution is -2.48. The Labute approximate surface area is 172 Å². The lowest BCUT2D eigenvalue weighted by atomic mass is 10.0. The summed E-state index contributed by atoms with van der Waals surface area (Å²) in [5, 5.41) is 4.05. The quantitative estimate of drug-likeness (QED) is 0.713. The van der Waals surface area contributed by atoms with E-state index >= 15 is 0 Å². The van der Waals surface area contributed by atoms with E-state index in [0.29, 0.717) is 24.2 Å². The van der Waals surface area contributed by atoms with Gasteiger partial charge >= 0.3 is 0 Å². The standard InChI is InChI=1S/C18H26ClN3O3S.ClH/c1-21(26(24,25)17-6-4-15(19)5-7-17)13-18(23)22-10-8-16(9-11-22)20-12-14-2-3-14;/h4-7,14,16,20H,2-3,8-13H2,1H3;1H. The molecule has 1 aliphatic heterocycles. The highest BCUT2D eigenvalue weighted by atomic mass is 35.5. The molecule has 0 atom stereocenters. The summed E-state index contributed by atoms with van der Waals surface area (Å²) in [6, 6.07) is 6.44. The van der Waals surface area contributed by atoms with Gasteiger partial charge in [-0.2, -0.15) is 4.31 Å². The number of piperidine rings is 1. The minimum Gasteiger partial charge on any atom is -0.341 e. The minimum absolute atomic E-state index is 0. The molecule has 152 valence electrons. The second kappa shape index (κ2) is 9.56. The summed E-state index contributed by atoms with van der Waals surface area (Å²) in [4.78, 5) is 14.4. The lowest BCUT2D eigenvalue weighted by Gasteiger charge is -2.33. The van der Waals surface area contributed by atoms with Gasteiger partial charge in [0.05, 0.1) is 11.4 Å². The van der Waals surface area contributed by atoms with E-state index in [1.165, 1.54) is 44.2 Å². The Morgan fingerprint density at radius 2 is 1.78 bits per heavy atom. The van der Waals surface area contributed by atoms with Crippen LogP contribution < -0.4 is 5.32 Å². The predicted octanol–water partition coefficient (Wildman–Crippen LogP) is 2.37. The summed E-state index contributed by atoms with van der Waals surface area (Å²) < 4.78 is 26.2. The zero-order valence-electron chi connectivity index (χ0n) is 15.4. The average Bonchev–Trinajstić information content (AvgIpc) is 3.45. The summed E-state index contributed by atoms with van der Waals surface area (Å²) in [5.41, 5.74) is 0. The lowest BCUT2D eigenvalue weighted by molar-refractivity contribution is -0.132. The highest BCUT2D eigenvalue weighted by Crippen LogP contribution is 2.28. The number of carbonyl (C=O) groups is 1. The van der Waals surface area contributed by atoms with Crippen molar-refractivity contribution in [1.82, 2.24) is 14.5 Å². The normalized spacial score (nSPS) is 18.4. The second-order valence-corrected chi connectivity index (χ2v) is 9.70. The molecule has 9 heteroatoms. The summed E-state index contributed by atoms with van der Waals surface area (Å²) in [6.45, 7) is 2.29. The molecule has 0 bridgehead atoms. The van der Waals surface area contributed by atoms with E-state index in [1.807, 2.05) is 0 Å². The number of benzene rings is 1. The van der Waals surface area contributed by atoms with Crippen molar-refractivity contribution in [3.63, 3.8) is 0 Å².